The van der Waals surface area contributed by atoms with E-state index in [1.54, 1.807) is 6.21 Å². The quantitative estimate of drug-likeness (QED) is 0.131. The fourth-order valence-electron chi connectivity index (χ4n) is 3.80. The summed E-state index contributed by atoms with van der Waals surface area (Å²) in [5, 5.41) is 6.56. The van der Waals surface area contributed by atoms with E-state index < -0.39 is 0 Å². The summed E-state index contributed by atoms with van der Waals surface area (Å²) >= 11 is 4.56. The standard InChI is InChI=1S/C28H24I2N2O2/c1-18-10-11-22(19(2)12-18)15-27(33)32-31-16-20-13-25(29)28(26(30)14-20)34-17-23-8-5-7-21-6-3-4-9-24(21)23/h3-14,16H,15,17H2,1-2H3,(H,32,33)/b31-16-. The number of nitrogens with zero attached hydrogens (tertiary/aromatic N) is 1. The molecule has 6 heteroatoms. The Morgan fingerprint density at radius 2 is 1.68 bits per heavy atom. The van der Waals surface area contributed by atoms with Crippen molar-refractivity contribution in [3.05, 3.63) is 108 Å². The Bertz CT molecular complexity index is 1350. The maximum absolute atomic E-state index is 12.3. The summed E-state index contributed by atoms with van der Waals surface area (Å²) in [6.07, 6.45) is 1.97. The molecule has 0 aliphatic heterocycles. The number of hydrazone groups is 1. The van der Waals surface area contributed by atoms with Crippen molar-refractivity contribution < 1.29 is 9.53 Å². The van der Waals surface area contributed by atoms with Gasteiger partial charge in [0.15, 0.2) is 0 Å². The molecule has 4 nitrogen and oxygen atoms in total. The predicted molar refractivity (Wildman–Crippen MR) is 156 cm³/mol. The molecule has 4 aromatic rings. The molecule has 0 atom stereocenters. The van der Waals surface area contributed by atoms with Crippen LogP contribution in [0.15, 0.2) is 77.9 Å². The van der Waals surface area contributed by atoms with E-state index >= 15 is 0 Å². The van der Waals surface area contributed by atoms with E-state index in [0.717, 1.165) is 35.1 Å². The molecule has 1 amide bonds. The maximum Gasteiger partial charge on any atom is 0.244 e. The molecule has 0 aromatic heterocycles. The van der Waals surface area contributed by atoms with E-state index in [4.69, 9.17) is 4.74 Å². The van der Waals surface area contributed by atoms with Crippen LogP contribution >= 0.6 is 45.2 Å². The molecule has 34 heavy (non-hydrogen) atoms. The highest BCUT2D eigenvalue weighted by Crippen LogP contribution is 2.30. The van der Waals surface area contributed by atoms with Gasteiger partial charge in [0.05, 0.1) is 19.8 Å². The Morgan fingerprint density at radius 3 is 2.44 bits per heavy atom. The maximum atomic E-state index is 12.3. The van der Waals surface area contributed by atoms with Gasteiger partial charge in [0.2, 0.25) is 5.91 Å². The molecule has 0 aliphatic rings. The highest BCUT2D eigenvalue weighted by atomic mass is 127. The number of rotatable bonds is 7. The van der Waals surface area contributed by atoms with Crippen LogP contribution in [-0.4, -0.2) is 12.1 Å². The number of carbonyl (C=O) groups is 1. The molecule has 0 aliphatic carbocycles. The summed E-state index contributed by atoms with van der Waals surface area (Å²) in [6.45, 7) is 4.56. The third kappa shape index (κ3) is 6.15. The van der Waals surface area contributed by atoms with Crippen LogP contribution in [0.4, 0.5) is 0 Å². The normalized spacial score (nSPS) is 11.2. The van der Waals surface area contributed by atoms with Crippen molar-refractivity contribution in [3.8, 4) is 5.75 Å². The Kier molecular flexibility index (Phi) is 8.20. The largest absolute Gasteiger partial charge is 0.487 e. The molecule has 1 N–H and O–H groups in total. The molecule has 0 heterocycles. The third-order valence-electron chi connectivity index (χ3n) is 5.52. The van der Waals surface area contributed by atoms with E-state index in [2.05, 4.69) is 92.1 Å². The van der Waals surface area contributed by atoms with Gasteiger partial charge in [0, 0.05) is 0 Å². The van der Waals surface area contributed by atoms with Crippen LogP contribution in [0.3, 0.4) is 0 Å². The van der Waals surface area contributed by atoms with Gasteiger partial charge in [-0.3, -0.25) is 4.79 Å². The number of hydrogen-bond acceptors (Lipinski definition) is 3. The average Bonchev–Trinajstić information content (AvgIpc) is 2.80. The van der Waals surface area contributed by atoms with Crippen LogP contribution in [0.1, 0.15) is 27.8 Å². The summed E-state index contributed by atoms with van der Waals surface area (Å²) < 4.78 is 8.20. The zero-order valence-corrected chi connectivity index (χ0v) is 23.3. The zero-order chi connectivity index (χ0) is 24.1. The number of carbonyl (C=O) groups excluding carboxylic acids is 1. The topological polar surface area (TPSA) is 50.7 Å². The molecule has 0 unspecified atom stereocenters. The minimum absolute atomic E-state index is 0.136. The molecule has 0 saturated heterocycles. The molecule has 0 spiro atoms. The highest BCUT2D eigenvalue weighted by Gasteiger charge is 2.10. The Morgan fingerprint density at radius 1 is 0.941 bits per heavy atom. The lowest BCUT2D eigenvalue weighted by molar-refractivity contribution is -0.120. The molecule has 172 valence electrons. The van der Waals surface area contributed by atoms with Crippen LogP contribution in [0, 0.1) is 21.0 Å². The first kappa shape index (κ1) is 24.7. The van der Waals surface area contributed by atoms with Gasteiger partial charge in [-0.05, 0) is 104 Å². The molecule has 0 fully saturated rings. The van der Waals surface area contributed by atoms with Crippen molar-refractivity contribution >= 4 is 68.1 Å². The first-order valence-corrected chi connectivity index (χ1v) is 13.0. The highest BCUT2D eigenvalue weighted by molar-refractivity contribution is 14.1. The minimum Gasteiger partial charge on any atom is -0.487 e. The Labute approximate surface area is 227 Å². The third-order valence-corrected chi connectivity index (χ3v) is 7.13. The predicted octanol–water partition coefficient (Wildman–Crippen LogP) is 6.94. The fourth-order valence-corrected chi connectivity index (χ4v) is 5.92. The van der Waals surface area contributed by atoms with Crippen LogP contribution in [-0.2, 0) is 17.8 Å². The first-order valence-electron chi connectivity index (χ1n) is 10.9. The van der Waals surface area contributed by atoms with Crippen molar-refractivity contribution in [2.45, 2.75) is 26.9 Å². The van der Waals surface area contributed by atoms with E-state index in [1.165, 1.54) is 16.3 Å². The minimum atomic E-state index is -0.136. The van der Waals surface area contributed by atoms with Crippen LogP contribution in [0.2, 0.25) is 0 Å². The molecule has 0 radical (unpaired) electrons. The lowest BCUT2D eigenvalue weighted by Gasteiger charge is -2.13. The number of benzene rings is 4. The number of nitrogens with one attached hydrogen (secondary N) is 1. The van der Waals surface area contributed by atoms with Gasteiger partial charge < -0.3 is 4.74 Å². The van der Waals surface area contributed by atoms with Gasteiger partial charge in [0.25, 0.3) is 0 Å². The van der Waals surface area contributed by atoms with Gasteiger partial charge in [-0.1, -0.05) is 66.2 Å². The molecular weight excluding hydrogens is 650 g/mol. The van der Waals surface area contributed by atoms with Crippen LogP contribution in [0.25, 0.3) is 10.8 Å². The number of hydrogen-bond donors (Lipinski definition) is 1. The fraction of sp³-hybridized carbons (Fsp3) is 0.143. The number of aryl methyl sites for hydroxylation is 2. The van der Waals surface area contributed by atoms with Crippen molar-refractivity contribution in [2.75, 3.05) is 0 Å². The summed E-state index contributed by atoms with van der Waals surface area (Å²) in [6, 6.07) is 24.7. The Balaban J connectivity index is 1.40. The number of fused-ring (bicyclic) bond motifs is 1. The monoisotopic (exact) mass is 674 g/mol. The van der Waals surface area contributed by atoms with Crippen molar-refractivity contribution in [1.82, 2.24) is 5.43 Å². The number of ether oxygens (including phenoxy) is 1. The lowest BCUT2D eigenvalue weighted by Crippen LogP contribution is -2.20. The van der Waals surface area contributed by atoms with Crippen LogP contribution in [0.5, 0.6) is 5.75 Å². The summed E-state index contributed by atoms with van der Waals surface area (Å²) in [5.41, 5.74) is 8.00. The first-order chi connectivity index (χ1) is 16.4. The van der Waals surface area contributed by atoms with Gasteiger partial charge >= 0.3 is 0 Å². The Hall–Kier alpha value is -2.46. The van der Waals surface area contributed by atoms with E-state index in [1.807, 2.05) is 50.2 Å². The molecule has 4 aromatic carbocycles. The van der Waals surface area contributed by atoms with Crippen LogP contribution < -0.4 is 10.2 Å². The van der Waals surface area contributed by atoms with Crippen molar-refractivity contribution in [2.24, 2.45) is 5.10 Å². The van der Waals surface area contributed by atoms with E-state index in [9.17, 15) is 4.79 Å². The molecular formula is C28H24I2N2O2. The van der Waals surface area contributed by atoms with Gasteiger partial charge in [-0.2, -0.15) is 5.10 Å². The van der Waals surface area contributed by atoms with E-state index in [-0.39, 0.29) is 5.91 Å². The van der Waals surface area contributed by atoms with Crippen molar-refractivity contribution in [1.29, 1.82) is 0 Å². The van der Waals surface area contributed by atoms with Gasteiger partial charge in [-0.15, -0.1) is 0 Å². The molecule has 0 saturated carbocycles. The molecule has 0 bridgehead atoms. The van der Waals surface area contributed by atoms with Crippen molar-refractivity contribution in [3.63, 3.8) is 0 Å². The zero-order valence-electron chi connectivity index (χ0n) is 18.9. The number of amides is 1. The van der Waals surface area contributed by atoms with Gasteiger partial charge in [0.1, 0.15) is 12.4 Å². The average molecular weight is 674 g/mol. The number of halogens is 2. The van der Waals surface area contributed by atoms with E-state index in [0.29, 0.717) is 13.0 Å². The lowest BCUT2D eigenvalue weighted by atomic mass is 10.0. The second kappa shape index (κ2) is 11.3. The second-order valence-electron chi connectivity index (χ2n) is 8.14. The van der Waals surface area contributed by atoms with Gasteiger partial charge in [-0.25, -0.2) is 5.43 Å². The molecule has 4 rings (SSSR count). The summed E-state index contributed by atoms with van der Waals surface area (Å²) in [7, 11) is 0. The smallest absolute Gasteiger partial charge is 0.244 e. The SMILES string of the molecule is Cc1ccc(CC(=O)N/N=C\c2cc(I)c(OCc3cccc4ccccc34)c(I)c2)c(C)c1. The second-order valence-corrected chi connectivity index (χ2v) is 10.5. The summed E-state index contributed by atoms with van der Waals surface area (Å²) in [4.78, 5) is 12.3. The summed E-state index contributed by atoms with van der Waals surface area (Å²) in [5.74, 6) is 0.716.